The molecule has 0 spiro atoms. The molecular weight excluding hydrogens is 381 g/mol. The molecule has 0 atom stereocenters. The average molecular weight is 398 g/mol. The largest absolute Gasteiger partial charge is 0.340 e. The van der Waals surface area contributed by atoms with Gasteiger partial charge in [0, 0.05) is 32.2 Å². The Hall–Kier alpha value is -2.39. The molecule has 0 saturated carbocycles. The van der Waals surface area contributed by atoms with E-state index in [4.69, 9.17) is 0 Å². The van der Waals surface area contributed by atoms with Gasteiger partial charge >= 0.3 is 0 Å². The minimum Gasteiger partial charge on any atom is -0.340 e. The van der Waals surface area contributed by atoms with Crippen LogP contribution in [0.25, 0.3) is 0 Å². The molecule has 1 fully saturated rings. The van der Waals surface area contributed by atoms with Gasteiger partial charge in [0.1, 0.15) is 22.3 Å². The second kappa shape index (κ2) is 7.69. The average Bonchev–Trinajstić information content (AvgIpc) is 2.61. The highest BCUT2D eigenvalue weighted by Crippen LogP contribution is 2.21. The van der Waals surface area contributed by atoms with E-state index >= 15 is 0 Å². The summed E-state index contributed by atoms with van der Waals surface area (Å²) in [6.07, 6.45) is 0.0110. The van der Waals surface area contributed by atoms with Crippen LogP contribution in [0.2, 0.25) is 0 Å². The van der Waals surface area contributed by atoms with Crippen LogP contribution in [0.4, 0.5) is 13.2 Å². The number of sulfonamides is 1. The molecule has 27 heavy (non-hydrogen) atoms. The maximum Gasteiger partial charge on any atom is 0.246 e. The fourth-order valence-corrected chi connectivity index (χ4v) is 4.40. The van der Waals surface area contributed by atoms with Gasteiger partial charge in [-0.1, -0.05) is 12.1 Å². The highest BCUT2D eigenvalue weighted by atomic mass is 32.2. The first kappa shape index (κ1) is 19.4. The highest BCUT2D eigenvalue weighted by molar-refractivity contribution is 7.89. The smallest absolute Gasteiger partial charge is 0.246 e. The lowest BCUT2D eigenvalue weighted by Crippen LogP contribution is -2.51. The Morgan fingerprint density at radius 3 is 2.22 bits per heavy atom. The topological polar surface area (TPSA) is 57.7 Å². The fraction of sp³-hybridized carbons (Fsp3) is 0.278. The maximum atomic E-state index is 13.8. The normalized spacial score (nSPS) is 15.7. The van der Waals surface area contributed by atoms with Crippen LogP contribution in [0.3, 0.4) is 0 Å². The van der Waals surface area contributed by atoms with Crippen molar-refractivity contribution in [1.82, 2.24) is 9.21 Å². The van der Waals surface area contributed by atoms with Gasteiger partial charge in [0.15, 0.2) is 0 Å². The summed E-state index contributed by atoms with van der Waals surface area (Å²) >= 11 is 0. The summed E-state index contributed by atoms with van der Waals surface area (Å²) in [4.78, 5) is 13.2. The van der Waals surface area contributed by atoms with Crippen LogP contribution >= 0.6 is 0 Å². The lowest BCUT2D eigenvalue weighted by molar-refractivity contribution is -0.131. The standard InChI is InChI=1S/C18H17F3N2O3S/c19-14-3-1-2-13(10-14)11-18(24)22-6-8-23(9-7-22)27(25,26)17-5-4-15(20)12-16(17)21/h1-5,10,12H,6-9,11H2. The third kappa shape index (κ3) is 4.30. The molecule has 0 unspecified atom stereocenters. The molecule has 0 aromatic heterocycles. The molecule has 1 heterocycles. The Morgan fingerprint density at radius 1 is 0.926 bits per heavy atom. The van der Waals surface area contributed by atoms with Crippen LogP contribution < -0.4 is 0 Å². The van der Waals surface area contributed by atoms with Crippen molar-refractivity contribution in [3.63, 3.8) is 0 Å². The molecule has 144 valence electrons. The van der Waals surface area contributed by atoms with Crippen molar-refractivity contribution in [2.45, 2.75) is 11.3 Å². The predicted molar refractivity (Wildman–Crippen MR) is 91.8 cm³/mol. The molecule has 0 aliphatic carbocycles. The molecule has 9 heteroatoms. The second-order valence-electron chi connectivity index (χ2n) is 6.17. The lowest BCUT2D eigenvalue weighted by atomic mass is 10.1. The molecular formula is C18H17F3N2O3S. The van der Waals surface area contributed by atoms with Crippen molar-refractivity contribution in [1.29, 1.82) is 0 Å². The Morgan fingerprint density at radius 2 is 1.59 bits per heavy atom. The maximum absolute atomic E-state index is 13.8. The number of nitrogens with zero attached hydrogens (tertiary/aromatic N) is 2. The zero-order valence-corrected chi connectivity index (χ0v) is 15.1. The Bertz CT molecular complexity index is 958. The van der Waals surface area contributed by atoms with Crippen molar-refractivity contribution in [2.24, 2.45) is 0 Å². The summed E-state index contributed by atoms with van der Waals surface area (Å²) in [5.41, 5.74) is 0.531. The summed E-state index contributed by atoms with van der Waals surface area (Å²) < 4.78 is 66.2. The quantitative estimate of drug-likeness (QED) is 0.793. The molecule has 5 nitrogen and oxygen atoms in total. The highest BCUT2D eigenvalue weighted by Gasteiger charge is 2.32. The van der Waals surface area contributed by atoms with E-state index in [-0.39, 0.29) is 38.5 Å². The van der Waals surface area contributed by atoms with Gasteiger partial charge in [-0.25, -0.2) is 21.6 Å². The number of piperazine rings is 1. The van der Waals surface area contributed by atoms with Crippen molar-refractivity contribution in [2.75, 3.05) is 26.2 Å². The summed E-state index contributed by atoms with van der Waals surface area (Å²) in [6, 6.07) is 8.00. The first-order valence-electron chi connectivity index (χ1n) is 8.25. The number of amides is 1. The van der Waals surface area contributed by atoms with Gasteiger partial charge in [-0.2, -0.15) is 4.31 Å². The third-order valence-electron chi connectivity index (χ3n) is 4.35. The van der Waals surface area contributed by atoms with Gasteiger partial charge in [-0.05, 0) is 29.8 Å². The molecule has 2 aromatic rings. The third-order valence-corrected chi connectivity index (χ3v) is 6.28. The van der Waals surface area contributed by atoms with E-state index in [1.54, 1.807) is 6.07 Å². The van der Waals surface area contributed by atoms with Crippen molar-refractivity contribution >= 4 is 15.9 Å². The molecule has 0 bridgehead atoms. The first-order chi connectivity index (χ1) is 12.8. The number of benzene rings is 2. The summed E-state index contributed by atoms with van der Waals surface area (Å²) in [6.45, 7) is 0.258. The van der Waals surface area contributed by atoms with Gasteiger partial charge in [0.2, 0.25) is 15.9 Å². The van der Waals surface area contributed by atoms with Crippen molar-refractivity contribution in [3.05, 3.63) is 65.5 Å². The van der Waals surface area contributed by atoms with E-state index in [1.165, 1.54) is 23.1 Å². The van der Waals surface area contributed by atoms with E-state index in [9.17, 15) is 26.4 Å². The number of carbonyl (C=O) groups is 1. The van der Waals surface area contributed by atoms with Crippen LogP contribution in [0.5, 0.6) is 0 Å². The Kier molecular flexibility index (Phi) is 5.52. The van der Waals surface area contributed by atoms with E-state index in [1.807, 2.05) is 0 Å². The molecule has 1 aliphatic rings. The summed E-state index contributed by atoms with van der Waals surface area (Å²) in [5.74, 6) is -2.69. The molecule has 1 aliphatic heterocycles. The number of carbonyl (C=O) groups excluding carboxylic acids is 1. The lowest BCUT2D eigenvalue weighted by Gasteiger charge is -2.34. The molecule has 2 aromatic carbocycles. The zero-order chi connectivity index (χ0) is 19.6. The predicted octanol–water partition coefficient (Wildman–Crippen LogP) is 2.18. The first-order valence-corrected chi connectivity index (χ1v) is 9.69. The van der Waals surface area contributed by atoms with Crippen molar-refractivity contribution in [3.8, 4) is 0 Å². The summed E-state index contributed by atoms with van der Waals surface area (Å²) in [5, 5.41) is 0. The number of hydrogen-bond acceptors (Lipinski definition) is 3. The van der Waals surface area contributed by atoms with Gasteiger partial charge in [-0.15, -0.1) is 0 Å². The summed E-state index contributed by atoms with van der Waals surface area (Å²) in [7, 11) is -4.12. The Balaban J connectivity index is 1.65. The monoisotopic (exact) mass is 398 g/mol. The minimum atomic E-state index is -4.12. The number of halogens is 3. The minimum absolute atomic E-state index is 0.00591. The van der Waals surface area contributed by atoms with Crippen molar-refractivity contribution < 1.29 is 26.4 Å². The number of hydrogen-bond donors (Lipinski definition) is 0. The van der Waals surface area contributed by atoms with Crippen LogP contribution in [-0.4, -0.2) is 49.7 Å². The SMILES string of the molecule is O=C(Cc1cccc(F)c1)N1CCN(S(=O)(=O)c2ccc(F)cc2F)CC1. The molecule has 0 radical (unpaired) electrons. The van der Waals surface area contributed by atoms with Gasteiger partial charge in [0.25, 0.3) is 0 Å². The van der Waals surface area contributed by atoms with E-state index in [0.717, 1.165) is 16.4 Å². The molecule has 0 N–H and O–H groups in total. The molecule has 1 saturated heterocycles. The van der Waals surface area contributed by atoms with Crippen LogP contribution in [0.1, 0.15) is 5.56 Å². The van der Waals surface area contributed by atoms with Crippen LogP contribution in [0, 0.1) is 17.5 Å². The van der Waals surface area contributed by atoms with E-state index in [2.05, 4.69) is 0 Å². The Labute approximate surface area is 155 Å². The van der Waals surface area contributed by atoms with E-state index < -0.39 is 32.4 Å². The molecule has 1 amide bonds. The number of rotatable bonds is 4. The van der Waals surface area contributed by atoms with Gasteiger partial charge < -0.3 is 4.90 Å². The van der Waals surface area contributed by atoms with Crippen LogP contribution in [0.15, 0.2) is 47.4 Å². The van der Waals surface area contributed by atoms with E-state index in [0.29, 0.717) is 11.6 Å². The molecule has 3 rings (SSSR count). The van der Waals surface area contributed by atoms with Gasteiger partial charge in [0.05, 0.1) is 6.42 Å². The second-order valence-corrected chi connectivity index (χ2v) is 8.07. The fourth-order valence-electron chi connectivity index (χ4n) is 2.93. The van der Waals surface area contributed by atoms with Crippen LogP contribution in [-0.2, 0) is 21.2 Å². The van der Waals surface area contributed by atoms with Gasteiger partial charge in [-0.3, -0.25) is 4.79 Å². The zero-order valence-electron chi connectivity index (χ0n) is 14.2.